The molecular formula is C16H31N. The number of hydrogen-bond acceptors (Lipinski definition) is 1. The zero-order chi connectivity index (χ0) is 12.4. The Balaban J connectivity index is 1.91. The van der Waals surface area contributed by atoms with E-state index in [2.05, 4.69) is 33.0 Å². The van der Waals surface area contributed by atoms with E-state index in [0.717, 1.165) is 35.8 Å². The number of rotatable bonds is 3. The fraction of sp³-hybridized carbons (Fsp3) is 1.00. The summed E-state index contributed by atoms with van der Waals surface area (Å²) in [4.78, 5) is 0. The van der Waals surface area contributed by atoms with Crippen LogP contribution in [0.5, 0.6) is 0 Å². The van der Waals surface area contributed by atoms with E-state index in [1.807, 2.05) is 0 Å². The molecule has 0 saturated heterocycles. The van der Waals surface area contributed by atoms with Crippen molar-refractivity contribution in [1.82, 2.24) is 5.32 Å². The average Bonchev–Trinajstić information content (AvgIpc) is 2.65. The van der Waals surface area contributed by atoms with Gasteiger partial charge in [-0.05, 0) is 49.4 Å². The van der Waals surface area contributed by atoms with Crippen molar-refractivity contribution in [3.05, 3.63) is 0 Å². The first-order valence-corrected chi connectivity index (χ1v) is 7.89. The molecule has 5 atom stereocenters. The average molecular weight is 237 g/mol. The van der Waals surface area contributed by atoms with Crippen molar-refractivity contribution in [1.29, 1.82) is 0 Å². The highest BCUT2D eigenvalue weighted by Gasteiger charge is 2.36. The summed E-state index contributed by atoms with van der Waals surface area (Å²) in [7, 11) is 0. The quantitative estimate of drug-likeness (QED) is 0.774. The molecule has 0 heterocycles. The van der Waals surface area contributed by atoms with E-state index in [1.54, 1.807) is 0 Å². The molecule has 2 aliphatic rings. The first kappa shape index (κ1) is 13.4. The lowest BCUT2D eigenvalue weighted by molar-refractivity contribution is 0.178. The van der Waals surface area contributed by atoms with Crippen LogP contribution in [0.15, 0.2) is 0 Å². The Morgan fingerprint density at radius 2 is 1.59 bits per heavy atom. The molecule has 1 heteroatoms. The van der Waals surface area contributed by atoms with E-state index in [4.69, 9.17) is 0 Å². The van der Waals surface area contributed by atoms with Crippen LogP contribution in [-0.2, 0) is 0 Å². The predicted octanol–water partition coefficient (Wildman–Crippen LogP) is 4.23. The second kappa shape index (κ2) is 5.73. The normalized spacial score (nSPS) is 47.3. The Kier molecular flexibility index (Phi) is 4.52. The molecule has 2 fully saturated rings. The summed E-state index contributed by atoms with van der Waals surface area (Å²) >= 11 is 0. The van der Waals surface area contributed by atoms with Gasteiger partial charge < -0.3 is 5.32 Å². The summed E-state index contributed by atoms with van der Waals surface area (Å²) in [5.41, 5.74) is 0. The minimum absolute atomic E-state index is 0.784. The van der Waals surface area contributed by atoms with Crippen molar-refractivity contribution in [2.75, 3.05) is 0 Å². The Morgan fingerprint density at radius 1 is 0.941 bits per heavy atom. The molecule has 2 saturated carbocycles. The second-order valence-electron chi connectivity index (χ2n) is 6.79. The minimum atomic E-state index is 0.784. The molecule has 0 aromatic carbocycles. The lowest BCUT2D eigenvalue weighted by atomic mass is 9.78. The van der Waals surface area contributed by atoms with Gasteiger partial charge in [-0.25, -0.2) is 0 Å². The van der Waals surface area contributed by atoms with Gasteiger partial charge in [0.1, 0.15) is 0 Å². The van der Waals surface area contributed by atoms with Crippen LogP contribution in [0, 0.1) is 23.7 Å². The van der Waals surface area contributed by atoms with Crippen LogP contribution in [0.3, 0.4) is 0 Å². The molecule has 0 bridgehead atoms. The van der Waals surface area contributed by atoms with Gasteiger partial charge in [-0.15, -0.1) is 0 Å². The van der Waals surface area contributed by atoms with Crippen molar-refractivity contribution in [3.63, 3.8) is 0 Å². The van der Waals surface area contributed by atoms with Crippen molar-refractivity contribution >= 4 is 0 Å². The van der Waals surface area contributed by atoms with Crippen LogP contribution < -0.4 is 5.32 Å². The lowest BCUT2D eigenvalue weighted by Crippen LogP contribution is -2.48. The maximum Gasteiger partial charge on any atom is 0.0121 e. The molecular weight excluding hydrogens is 206 g/mol. The molecule has 0 aromatic rings. The first-order chi connectivity index (χ1) is 8.13. The summed E-state index contributed by atoms with van der Waals surface area (Å²) in [5.74, 6) is 3.63. The van der Waals surface area contributed by atoms with Crippen molar-refractivity contribution in [2.45, 2.75) is 78.3 Å². The van der Waals surface area contributed by atoms with E-state index >= 15 is 0 Å². The zero-order valence-corrected chi connectivity index (χ0v) is 12.2. The molecule has 0 aliphatic heterocycles. The van der Waals surface area contributed by atoms with E-state index < -0.39 is 0 Å². The lowest BCUT2D eigenvalue weighted by Gasteiger charge is -2.38. The molecule has 0 amide bonds. The molecule has 0 aromatic heterocycles. The van der Waals surface area contributed by atoms with Crippen LogP contribution in [-0.4, -0.2) is 12.1 Å². The van der Waals surface area contributed by atoms with Gasteiger partial charge in [-0.3, -0.25) is 0 Å². The Morgan fingerprint density at radius 3 is 2.12 bits per heavy atom. The van der Waals surface area contributed by atoms with Crippen molar-refractivity contribution in [2.24, 2.45) is 23.7 Å². The van der Waals surface area contributed by atoms with Crippen LogP contribution in [0.2, 0.25) is 0 Å². The van der Waals surface area contributed by atoms with Crippen molar-refractivity contribution in [3.8, 4) is 0 Å². The highest BCUT2D eigenvalue weighted by molar-refractivity contribution is 4.92. The van der Waals surface area contributed by atoms with E-state index in [-0.39, 0.29) is 0 Å². The van der Waals surface area contributed by atoms with Gasteiger partial charge in [0, 0.05) is 12.1 Å². The van der Waals surface area contributed by atoms with Crippen LogP contribution >= 0.6 is 0 Å². The number of hydrogen-bond donors (Lipinski definition) is 1. The number of nitrogens with one attached hydrogen (secondary N) is 1. The largest absolute Gasteiger partial charge is 0.310 e. The Hall–Kier alpha value is -0.0400. The standard InChI is InChI=1S/C16H31N/c1-5-14-9-10-15(13(14)4)17-16-11(2)7-6-8-12(16)3/h11-17H,5-10H2,1-4H3. The van der Waals surface area contributed by atoms with Crippen LogP contribution in [0.25, 0.3) is 0 Å². The molecule has 1 N–H and O–H groups in total. The third-order valence-corrected chi connectivity index (χ3v) is 5.70. The monoisotopic (exact) mass is 237 g/mol. The summed E-state index contributed by atoms with van der Waals surface area (Å²) in [6.07, 6.45) is 8.54. The molecule has 100 valence electrons. The highest BCUT2D eigenvalue weighted by atomic mass is 15.0. The maximum absolute atomic E-state index is 4.03. The van der Waals surface area contributed by atoms with E-state index in [1.165, 1.54) is 38.5 Å². The van der Waals surface area contributed by atoms with Gasteiger partial charge in [-0.2, -0.15) is 0 Å². The topological polar surface area (TPSA) is 12.0 Å². The molecule has 1 nitrogen and oxygen atoms in total. The third kappa shape index (κ3) is 2.86. The smallest absolute Gasteiger partial charge is 0.0121 e. The highest BCUT2D eigenvalue weighted by Crippen LogP contribution is 2.36. The molecule has 5 unspecified atom stereocenters. The van der Waals surface area contributed by atoms with Gasteiger partial charge in [0.15, 0.2) is 0 Å². The Bertz CT molecular complexity index is 228. The van der Waals surface area contributed by atoms with Gasteiger partial charge in [0.25, 0.3) is 0 Å². The van der Waals surface area contributed by atoms with Gasteiger partial charge >= 0.3 is 0 Å². The second-order valence-corrected chi connectivity index (χ2v) is 6.79. The Labute approximate surface area is 108 Å². The molecule has 0 radical (unpaired) electrons. The third-order valence-electron chi connectivity index (χ3n) is 5.70. The van der Waals surface area contributed by atoms with Crippen molar-refractivity contribution < 1.29 is 0 Å². The SMILES string of the molecule is CCC1CCC(NC2C(C)CCCC2C)C1C. The fourth-order valence-corrected chi connectivity index (χ4v) is 4.32. The maximum atomic E-state index is 4.03. The minimum Gasteiger partial charge on any atom is -0.310 e. The van der Waals surface area contributed by atoms with E-state index in [0.29, 0.717) is 0 Å². The summed E-state index contributed by atoms with van der Waals surface area (Å²) in [6, 6.07) is 1.58. The van der Waals surface area contributed by atoms with E-state index in [9.17, 15) is 0 Å². The predicted molar refractivity (Wildman–Crippen MR) is 75.1 cm³/mol. The summed E-state index contributed by atoms with van der Waals surface area (Å²) in [6.45, 7) is 9.72. The van der Waals surface area contributed by atoms with Crippen LogP contribution in [0.1, 0.15) is 66.2 Å². The van der Waals surface area contributed by atoms with Crippen LogP contribution in [0.4, 0.5) is 0 Å². The zero-order valence-electron chi connectivity index (χ0n) is 12.2. The first-order valence-electron chi connectivity index (χ1n) is 7.89. The molecule has 0 spiro atoms. The van der Waals surface area contributed by atoms with Gasteiger partial charge in [0.2, 0.25) is 0 Å². The van der Waals surface area contributed by atoms with Gasteiger partial charge in [0.05, 0.1) is 0 Å². The molecule has 2 rings (SSSR count). The van der Waals surface area contributed by atoms with Gasteiger partial charge in [-0.1, -0.05) is 40.5 Å². The summed E-state index contributed by atoms with van der Waals surface area (Å²) in [5, 5.41) is 4.03. The summed E-state index contributed by atoms with van der Waals surface area (Å²) < 4.78 is 0. The molecule has 17 heavy (non-hydrogen) atoms. The molecule has 2 aliphatic carbocycles. The fourth-order valence-electron chi connectivity index (χ4n) is 4.32.